The second-order valence-electron chi connectivity index (χ2n) is 6.33. The van der Waals surface area contributed by atoms with Gasteiger partial charge in [0.05, 0.1) is 17.7 Å². The first-order chi connectivity index (χ1) is 14.2. The van der Waals surface area contributed by atoms with Crippen molar-refractivity contribution in [2.75, 3.05) is 17.7 Å². The Bertz CT molecular complexity index is 1180. The van der Waals surface area contributed by atoms with Crippen LogP contribution in [0.4, 0.5) is 11.4 Å². The lowest BCUT2D eigenvalue weighted by Gasteiger charge is -2.13. The number of nitrogens with one attached hydrogen (secondary N) is 2. The molecule has 0 saturated heterocycles. The van der Waals surface area contributed by atoms with Gasteiger partial charge < -0.3 is 15.4 Å². The van der Waals surface area contributed by atoms with Crippen molar-refractivity contribution in [2.45, 2.75) is 0 Å². The molecule has 1 heterocycles. The molecule has 29 heavy (non-hydrogen) atoms. The van der Waals surface area contributed by atoms with Gasteiger partial charge in [0.1, 0.15) is 5.75 Å². The minimum Gasteiger partial charge on any atom is -0.494 e. The Labute approximate surface area is 171 Å². The number of methoxy groups -OCH3 is 1. The van der Waals surface area contributed by atoms with Gasteiger partial charge in [-0.05, 0) is 40.4 Å². The maximum atomic E-state index is 12.8. The van der Waals surface area contributed by atoms with E-state index in [0.717, 1.165) is 10.8 Å². The van der Waals surface area contributed by atoms with Crippen LogP contribution in [0.25, 0.3) is 10.8 Å². The third-order valence-electron chi connectivity index (χ3n) is 4.49. The number of ether oxygens (including phenoxy) is 1. The van der Waals surface area contributed by atoms with Gasteiger partial charge in [-0.1, -0.05) is 42.5 Å². The maximum absolute atomic E-state index is 12.8. The summed E-state index contributed by atoms with van der Waals surface area (Å²) in [6, 6.07) is 22.1. The lowest BCUT2D eigenvalue weighted by atomic mass is 10.0. The summed E-state index contributed by atoms with van der Waals surface area (Å²) in [7, 11) is 1.52. The lowest BCUT2D eigenvalue weighted by Crippen LogP contribution is -2.13. The van der Waals surface area contributed by atoms with Gasteiger partial charge >= 0.3 is 0 Å². The average molecular weight is 402 g/mol. The van der Waals surface area contributed by atoms with Crippen LogP contribution >= 0.6 is 11.3 Å². The second kappa shape index (κ2) is 8.16. The number of fused-ring (bicyclic) bond motifs is 1. The van der Waals surface area contributed by atoms with Crippen molar-refractivity contribution in [2.24, 2.45) is 0 Å². The van der Waals surface area contributed by atoms with Crippen LogP contribution in [0.2, 0.25) is 0 Å². The van der Waals surface area contributed by atoms with E-state index in [1.807, 2.05) is 47.8 Å². The lowest BCUT2D eigenvalue weighted by molar-refractivity contribution is 0.102. The normalized spacial score (nSPS) is 10.5. The van der Waals surface area contributed by atoms with E-state index in [1.54, 1.807) is 30.3 Å². The van der Waals surface area contributed by atoms with E-state index in [1.165, 1.54) is 18.4 Å². The highest BCUT2D eigenvalue weighted by molar-refractivity contribution is 7.12. The molecule has 2 amide bonds. The molecule has 0 fully saturated rings. The molecular weight excluding hydrogens is 384 g/mol. The van der Waals surface area contributed by atoms with Crippen molar-refractivity contribution < 1.29 is 14.3 Å². The molecule has 1 aromatic heterocycles. The number of benzene rings is 3. The van der Waals surface area contributed by atoms with Crippen LogP contribution in [0, 0.1) is 0 Å². The van der Waals surface area contributed by atoms with E-state index in [2.05, 4.69) is 10.6 Å². The largest absolute Gasteiger partial charge is 0.494 e. The van der Waals surface area contributed by atoms with Gasteiger partial charge in [-0.25, -0.2) is 0 Å². The molecule has 144 valence electrons. The molecule has 0 radical (unpaired) electrons. The van der Waals surface area contributed by atoms with Crippen molar-refractivity contribution in [3.63, 3.8) is 0 Å². The summed E-state index contributed by atoms with van der Waals surface area (Å²) in [5.41, 5.74) is 1.71. The minimum atomic E-state index is -0.209. The fourth-order valence-electron chi connectivity index (χ4n) is 3.09. The Balaban J connectivity index is 1.56. The van der Waals surface area contributed by atoms with Gasteiger partial charge in [0.15, 0.2) is 0 Å². The summed E-state index contributed by atoms with van der Waals surface area (Å²) in [4.78, 5) is 25.7. The van der Waals surface area contributed by atoms with Crippen LogP contribution in [0.1, 0.15) is 20.0 Å². The highest BCUT2D eigenvalue weighted by atomic mass is 32.1. The van der Waals surface area contributed by atoms with Crippen LogP contribution in [-0.4, -0.2) is 18.9 Å². The quantitative estimate of drug-likeness (QED) is 0.469. The third-order valence-corrected chi connectivity index (χ3v) is 5.36. The number of rotatable bonds is 5. The highest BCUT2D eigenvalue weighted by Crippen LogP contribution is 2.29. The summed E-state index contributed by atoms with van der Waals surface area (Å²) in [6.07, 6.45) is 0. The first-order valence-corrected chi connectivity index (χ1v) is 9.85. The van der Waals surface area contributed by atoms with Crippen molar-refractivity contribution in [3.8, 4) is 5.75 Å². The van der Waals surface area contributed by atoms with Crippen LogP contribution in [0.5, 0.6) is 5.75 Å². The van der Waals surface area contributed by atoms with Gasteiger partial charge in [0, 0.05) is 17.3 Å². The van der Waals surface area contributed by atoms with Crippen molar-refractivity contribution >= 4 is 45.3 Å². The molecule has 4 aromatic rings. The van der Waals surface area contributed by atoms with E-state index in [4.69, 9.17) is 4.74 Å². The number of thiophene rings is 1. The molecule has 0 aliphatic heterocycles. The van der Waals surface area contributed by atoms with E-state index in [-0.39, 0.29) is 11.8 Å². The summed E-state index contributed by atoms with van der Waals surface area (Å²) in [5, 5.41) is 9.48. The first kappa shape index (κ1) is 18.7. The summed E-state index contributed by atoms with van der Waals surface area (Å²) < 4.78 is 5.40. The molecule has 2 N–H and O–H groups in total. The van der Waals surface area contributed by atoms with Crippen LogP contribution in [-0.2, 0) is 0 Å². The fraction of sp³-hybridized carbons (Fsp3) is 0.0435. The molecule has 0 saturated carbocycles. The molecule has 0 aliphatic rings. The molecule has 0 aliphatic carbocycles. The Kier molecular flexibility index (Phi) is 5.27. The van der Waals surface area contributed by atoms with Crippen molar-refractivity contribution in [1.82, 2.24) is 0 Å². The van der Waals surface area contributed by atoms with Crippen molar-refractivity contribution in [1.29, 1.82) is 0 Å². The summed E-state index contributed by atoms with van der Waals surface area (Å²) in [5.74, 6) is 0.0516. The minimum absolute atomic E-state index is 0.203. The fourth-order valence-corrected chi connectivity index (χ4v) is 3.70. The van der Waals surface area contributed by atoms with Gasteiger partial charge in [0.2, 0.25) is 0 Å². The van der Waals surface area contributed by atoms with Gasteiger partial charge in [-0.15, -0.1) is 11.3 Å². The van der Waals surface area contributed by atoms with Crippen molar-refractivity contribution in [3.05, 3.63) is 88.6 Å². The van der Waals surface area contributed by atoms with Gasteiger partial charge in [0.25, 0.3) is 11.8 Å². The maximum Gasteiger partial charge on any atom is 0.265 e. The SMILES string of the molecule is COc1cc(NC(=O)c2cccc3ccccc23)ccc1NC(=O)c1cccs1. The Morgan fingerprint density at radius 1 is 0.862 bits per heavy atom. The molecule has 0 unspecified atom stereocenters. The Morgan fingerprint density at radius 2 is 1.69 bits per heavy atom. The van der Waals surface area contributed by atoms with Gasteiger partial charge in [-0.2, -0.15) is 0 Å². The monoisotopic (exact) mass is 402 g/mol. The highest BCUT2D eigenvalue weighted by Gasteiger charge is 2.14. The first-order valence-electron chi connectivity index (χ1n) is 8.98. The number of hydrogen-bond acceptors (Lipinski definition) is 4. The second-order valence-corrected chi connectivity index (χ2v) is 7.28. The molecule has 0 bridgehead atoms. The Hall–Kier alpha value is -3.64. The standard InChI is InChI=1S/C23H18N2O3S/c1-28-20-14-16(11-12-19(20)25-23(27)21-10-5-13-29-21)24-22(26)18-9-4-7-15-6-2-3-8-17(15)18/h2-14H,1H3,(H,24,26)(H,25,27). The number of anilines is 2. The van der Waals surface area contributed by atoms with E-state index >= 15 is 0 Å². The molecule has 5 nitrogen and oxygen atoms in total. The van der Waals surface area contributed by atoms with E-state index in [9.17, 15) is 9.59 Å². The number of hydrogen-bond donors (Lipinski definition) is 2. The molecule has 4 rings (SSSR count). The molecule has 0 spiro atoms. The predicted octanol–water partition coefficient (Wildman–Crippen LogP) is 5.41. The molecule has 3 aromatic carbocycles. The van der Waals surface area contributed by atoms with Gasteiger partial charge in [-0.3, -0.25) is 9.59 Å². The number of amides is 2. The molecular formula is C23H18N2O3S. The number of carbonyl (C=O) groups excluding carboxylic acids is 2. The zero-order valence-corrected chi connectivity index (χ0v) is 16.5. The van der Waals surface area contributed by atoms with E-state index in [0.29, 0.717) is 27.6 Å². The number of carbonyl (C=O) groups is 2. The van der Waals surface area contributed by atoms with E-state index < -0.39 is 0 Å². The average Bonchev–Trinajstić information content (AvgIpc) is 3.29. The third kappa shape index (κ3) is 3.97. The van der Waals surface area contributed by atoms with Crippen LogP contribution in [0.3, 0.4) is 0 Å². The topological polar surface area (TPSA) is 67.4 Å². The summed E-state index contributed by atoms with van der Waals surface area (Å²) in [6.45, 7) is 0. The van der Waals surface area contributed by atoms with Crippen LogP contribution in [0.15, 0.2) is 78.2 Å². The summed E-state index contributed by atoms with van der Waals surface area (Å²) >= 11 is 1.36. The molecule has 0 atom stereocenters. The predicted molar refractivity (Wildman–Crippen MR) is 117 cm³/mol. The molecule has 6 heteroatoms. The zero-order chi connectivity index (χ0) is 20.2. The smallest absolute Gasteiger partial charge is 0.265 e. The van der Waals surface area contributed by atoms with Crippen LogP contribution < -0.4 is 15.4 Å². The zero-order valence-electron chi connectivity index (χ0n) is 15.6. The Morgan fingerprint density at radius 3 is 2.48 bits per heavy atom.